The van der Waals surface area contributed by atoms with Gasteiger partial charge in [0.1, 0.15) is 72.9 Å². The minimum atomic E-state index is -1.84. The van der Waals surface area contributed by atoms with Gasteiger partial charge in [-0.15, -0.1) is 0 Å². The molecule has 43 heavy (non-hydrogen) atoms. The minimum absolute atomic E-state index is 0.110. The Morgan fingerprint density at radius 3 is 1.79 bits per heavy atom. The van der Waals surface area contributed by atoms with E-state index in [1.807, 2.05) is 6.92 Å². The van der Waals surface area contributed by atoms with Crippen LogP contribution in [0.4, 0.5) is 0 Å². The molecule has 0 amide bonds. The molecule has 0 radical (unpaired) electrons. The van der Waals surface area contributed by atoms with Crippen LogP contribution in [0, 0.1) is 0 Å². The van der Waals surface area contributed by atoms with Crippen LogP contribution in [0.2, 0.25) is 0 Å². The number of hydrogen-bond acceptors (Lipinski definition) is 16. The van der Waals surface area contributed by atoms with E-state index < -0.39 is 105 Å². The molecule has 0 aromatic heterocycles. The maximum atomic E-state index is 11.5. The van der Waals surface area contributed by atoms with Gasteiger partial charge in [0.05, 0.1) is 19.3 Å². The molecule has 3 saturated heterocycles. The molecule has 0 aromatic carbocycles. The van der Waals surface area contributed by atoms with Crippen LogP contribution in [0.5, 0.6) is 0 Å². The van der Waals surface area contributed by atoms with Crippen LogP contribution in [0.1, 0.15) is 52.4 Å². The normalized spacial score (nSPS) is 43.9. The monoisotopic (exact) mass is 628 g/mol. The Labute approximate surface area is 249 Å². The lowest BCUT2D eigenvalue weighted by Crippen LogP contribution is -2.67. The molecule has 16 nitrogen and oxygen atoms in total. The number of hydrogen-bond donors (Lipinski definition) is 9. The highest BCUT2D eigenvalue weighted by molar-refractivity contribution is 5.77. The number of ketones is 1. The summed E-state index contributed by atoms with van der Waals surface area (Å²) < 4.78 is 34.4. The average Bonchev–Trinajstić information content (AvgIpc) is 3.00. The summed E-state index contributed by atoms with van der Waals surface area (Å²) in [5.41, 5.74) is 0. The molecule has 0 aromatic rings. The Bertz CT molecular complexity index is 833. The van der Waals surface area contributed by atoms with E-state index in [1.165, 1.54) is 6.92 Å². The predicted octanol–water partition coefficient (Wildman–Crippen LogP) is -3.59. The van der Waals surface area contributed by atoms with E-state index in [1.54, 1.807) is 0 Å². The van der Waals surface area contributed by atoms with Crippen molar-refractivity contribution in [2.45, 2.75) is 144 Å². The highest BCUT2D eigenvalue weighted by Gasteiger charge is 2.54. The van der Waals surface area contributed by atoms with Gasteiger partial charge in [0.15, 0.2) is 18.9 Å². The Morgan fingerprint density at radius 1 is 0.628 bits per heavy atom. The second kappa shape index (κ2) is 17.1. The molecule has 0 aliphatic carbocycles. The average molecular weight is 629 g/mol. The summed E-state index contributed by atoms with van der Waals surface area (Å²) in [6, 6.07) is 0. The van der Waals surface area contributed by atoms with Crippen LogP contribution in [0.3, 0.4) is 0 Å². The molecule has 9 N–H and O–H groups in total. The van der Waals surface area contributed by atoms with Crippen LogP contribution in [-0.2, 0) is 33.2 Å². The van der Waals surface area contributed by atoms with E-state index in [4.69, 9.17) is 28.4 Å². The fourth-order valence-electron chi connectivity index (χ4n) is 5.25. The van der Waals surface area contributed by atoms with Crippen LogP contribution in [0.15, 0.2) is 0 Å². The van der Waals surface area contributed by atoms with Gasteiger partial charge in [0.25, 0.3) is 0 Å². The lowest BCUT2D eigenvalue weighted by molar-refractivity contribution is -0.390. The van der Waals surface area contributed by atoms with Gasteiger partial charge < -0.3 is 74.4 Å². The van der Waals surface area contributed by atoms with E-state index in [-0.39, 0.29) is 12.4 Å². The van der Waals surface area contributed by atoms with Crippen LogP contribution < -0.4 is 0 Å². The fraction of sp³-hybridized carbons (Fsp3) is 0.963. The van der Waals surface area contributed by atoms with Crippen molar-refractivity contribution < 1.29 is 79.2 Å². The topological polar surface area (TPSA) is 255 Å². The first kappa shape index (κ1) is 36.5. The van der Waals surface area contributed by atoms with Gasteiger partial charge in [-0.1, -0.05) is 19.8 Å². The highest BCUT2D eigenvalue weighted by Crippen LogP contribution is 2.33. The molecule has 0 saturated carbocycles. The largest absolute Gasteiger partial charge is 0.394 e. The lowest BCUT2D eigenvalue weighted by atomic mass is 9.96. The van der Waals surface area contributed by atoms with E-state index in [0.29, 0.717) is 19.3 Å². The zero-order chi connectivity index (χ0) is 31.8. The van der Waals surface area contributed by atoms with Gasteiger partial charge in [0.2, 0.25) is 0 Å². The molecule has 3 aliphatic heterocycles. The second-order valence-electron chi connectivity index (χ2n) is 11.2. The van der Waals surface area contributed by atoms with Crippen molar-refractivity contribution in [3.05, 3.63) is 0 Å². The molecule has 3 fully saturated rings. The maximum Gasteiger partial charge on any atom is 0.187 e. The maximum absolute atomic E-state index is 11.5. The fourth-order valence-corrected chi connectivity index (χ4v) is 5.25. The van der Waals surface area contributed by atoms with Crippen LogP contribution >= 0.6 is 0 Å². The Balaban J connectivity index is 1.79. The smallest absolute Gasteiger partial charge is 0.187 e. The summed E-state index contributed by atoms with van der Waals surface area (Å²) in [6.45, 7) is 1.93. The van der Waals surface area contributed by atoms with Gasteiger partial charge in [-0.2, -0.15) is 0 Å². The number of carbonyl (C=O) groups excluding carboxylic acids is 1. The van der Waals surface area contributed by atoms with Crippen LogP contribution in [0.25, 0.3) is 0 Å². The van der Waals surface area contributed by atoms with E-state index in [9.17, 15) is 50.8 Å². The van der Waals surface area contributed by atoms with Crippen molar-refractivity contribution in [2.24, 2.45) is 0 Å². The molecule has 252 valence electrons. The number of ether oxygens (including phenoxy) is 6. The van der Waals surface area contributed by atoms with Gasteiger partial charge >= 0.3 is 0 Å². The molecule has 6 unspecified atom stereocenters. The SMILES string of the molecule is CCC(=O)CCCCCCO[C@@H]1OC(CO)[C@H](O)[C@H](O[C@H]2OC(CO)[C@H](O)[C@H](O)C2O)C1O[C@@H]1OC(C)[C@@H](O)[C@H](O)C1O. The summed E-state index contributed by atoms with van der Waals surface area (Å²) in [5.74, 6) is 0.185. The summed E-state index contributed by atoms with van der Waals surface area (Å²) >= 11 is 0. The van der Waals surface area contributed by atoms with Gasteiger partial charge in [0, 0.05) is 19.4 Å². The first-order valence-electron chi connectivity index (χ1n) is 14.8. The molecular formula is C27H48O16. The summed E-state index contributed by atoms with van der Waals surface area (Å²) in [4.78, 5) is 11.5. The number of aliphatic hydroxyl groups is 9. The zero-order valence-electron chi connectivity index (χ0n) is 24.4. The molecule has 16 heteroatoms. The lowest BCUT2D eigenvalue weighted by Gasteiger charge is -2.48. The zero-order valence-corrected chi connectivity index (χ0v) is 24.4. The van der Waals surface area contributed by atoms with Crippen LogP contribution in [-0.4, -0.2) is 164 Å². The van der Waals surface area contributed by atoms with E-state index in [2.05, 4.69) is 0 Å². The number of carbonyl (C=O) groups is 1. The summed E-state index contributed by atoms with van der Waals surface area (Å²) in [6.07, 6.45) is -19.3. The van der Waals surface area contributed by atoms with E-state index >= 15 is 0 Å². The van der Waals surface area contributed by atoms with Gasteiger partial charge in [-0.05, 0) is 19.8 Å². The van der Waals surface area contributed by atoms with E-state index in [0.717, 1.165) is 19.3 Å². The van der Waals surface area contributed by atoms with Crippen molar-refractivity contribution in [1.82, 2.24) is 0 Å². The van der Waals surface area contributed by atoms with Crippen molar-refractivity contribution >= 4 is 5.78 Å². The Kier molecular flexibility index (Phi) is 14.5. The summed E-state index contributed by atoms with van der Waals surface area (Å²) in [5, 5.41) is 92.4. The van der Waals surface area contributed by atoms with Crippen molar-refractivity contribution in [3.8, 4) is 0 Å². The van der Waals surface area contributed by atoms with Crippen molar-refractivity contribution in [3.63, 3.8) is 0 Å². The number of unbranched alkanes of at least 4 members (excludes halogenated alkanes) is 3. The Morgan fingerprint density at radius 2 is 1.16 bits per heavy atom. The first-order valence-corrected chi connectivity index (χ1v) is 14.8. The molecule has 3 rings (SSSR count). The second-order valence-corrected chi connectivity index (χ2v) is 11.2. The van der Waals surface area contributed by atoms with Crippen molar-refractivity contribution in [2.75, 3.05) is 19.8 Å². The van der Waals surface area contributed by atoms with Gasteiger partial charge in [-0.25, -0.2) is 0 Å². The summed E-state index contributed by atoms with van der Waals surface area (Å²) in [7, 11) is 0. The Hall–Kier alpha value is -0.930. The molecule has 0 spiro atoms. The molecule has 3 heterocycles. The third kappa shape index (κ3) is 9.08. The minimum Gasteiger partial charge on any atom is -0.394 e. The highest BCUT2D eigenvalue weighted by atomic mass is 16.8. The quantitative estimate of drug-likeness (QED) is 0.0794. The third-order valence-electron chi connectivity index (χ3n) is 8.06. The molecular weight excluding hydrogens is 580 g/mol. The molecule has 15 atom stereocenters. The number of rotatable bonds is 15. The number of aliphatic hydroxyl groups excluding tert-OH is 9. The van der Waals surface area contributed by atoms with Gasteiger partial charge in [-0.3, -0.25) is 4.79 Å². The standard InChI is InChI=1S/C27H48O16/c1-3-13(30)8-6-4-5-7-9-38-27-24(43-25-21(36)19(34)16(31)12(2)39-25)23(18(33)15(11-29)41-27)42-26-22(37)20(35)17(32)14(10-28)40-26/h12,14-29,31-37H,3-11H2,1-2H3/t12?,14?,15?,16-,17+,18+,19+,20+,21?,22?,23+,24?,25+,26-,27-/m1/s1. The third-order valence-corrected chi connectivity index (χ3v) is 8.06. The first-order chi connectivity index (χ1) is 20.4. The predicted molar refractivity (Wildman–Crippen MR) is 142 cm³/mol. The molecule has 0 bridgehead atoms. The molecule has 3 aliphatic rings. The number of Topliss-reactive ketones (excluding diaryl/α,β-unsaturated/α-hetero) is 1. The van der Waals surface area contributed by atoms with Crippen molar-refractivity contribution in [1.29, 1.82) is 0 Å².